The molecule has 0 aliphatic rings. The van der Waals surface area contributed by atoms with E-state index in [0.29, 0.717) is 21.4 Å². The van der Waals surface area contributed by atoms with Crippen molar-refractivity contribution in [3.8, 4) is 5.75 Å². The Labute approximate surface area is 117 Å². The fourth-order valence-corrected chi connectivity index (χ4v) is 3.32. The zero-order valence-electron chi connectivity index (χ0n) is 8.34. The number of hydrogen-bond acceptors (Lipinski definition) is 3. The van der Waals surface area contributed by atoms with Crippen LogP contribution in [-0.2, 0) is 20.8 Å². The summed E-state index contributed by atoms with van der Waals surface area (Å²) in [4.78, 5) is 0. The molecule has 0 fully saturated rings. The van der Waals surface area contributed by atoms with Crippen LogP contribution >= 0.6 is 43.5 Å². The minimum Gasteiger partial charge on any atom is -0.382 e. The molecule has 1 aromatic rings. The fourth-order valence-electron chi connectivity index (χ4n) is 1.18. The first-order chi connectivity index (χ1) is 7.39. The Kier molecular flexibility index (Phi) is 5.10. The van der Waals surface area contributed by atoms with Gasteiger partial charge in [0.25, 0.3) is 0 Å². The van der Waals surface area contributed by atoms with Crippen molar-refractivity contribution >= 4 is 53.6 Å². The quantitative estimate of drug-likeness (QED) is 0.582. The summed E-state index contributed by atoms with van der Waals surface area (Å²) < 4.78 is 27.0. The standard InChI is InChI=1S/C9H9Br2ClO3S/c1-16(13,14)15-9-3-2-8(12)6(4-10)7(9)5-11/h2-3H,4-5H2,1H3. The van der Waals surface area contributed by atoms with Crippen molar-refractivity contribution in [3.63, 3.8) is 0 Å². The van der Waals surface area contributed by atoms with E-state index in [9.17, 15) is 8.42 Å². The van der Waals surface area contributed by atoms with Gasteiger partial charge in [-0.05, 0) is 17.7 Å². The maximum absolute atomic E-state index is 11.1. The second kappa shape index (κ2) is 5.71. The van der Waals surface area contributed by atoms with E-state index in [1.807, 2.05) is 0 Å². The smallest absolute Gasteiger partial charge is 0.306 e. The third-order valence-corrected chi connectivity index (χ3v) is 3.80. The van der Waals surface area contributed by atoms with Crippen LogP contribution in [0.1, 0.15) is 11.1 Å². The summed E-state index contributed by atoms with van der Waals surface area (Å²) in [6.07, 6.45) is 1.01. The Morgan fingerprint density at radius 3 is 2.25 bits per heavy atom. The summed E-state index contributed by atoms with van der Waals surface area (Å²) in [6.45, 7) is 0. The number of hydrogen-bond donors (Lipinski definition) is 0. The number of rotatable bonds is 4. The first-order valence-electron chi connectivity index (χ1n) is 4.20. The largest absolute Gasteiger partial charge is 0.382 e. The summed E-state index contributed by atoms with van der Waals surface area (Å²) in [5.41, 5.74) is 1.55. The summed E-state index contributed by atoms with van der Waals surface area (Å²) >= 11 is 12.6. The molecule has 0 amide bonds. The lowest BCUT2D eigenvalue weighted by Crippen LogP contribution is -2.08. The molecule has 90 valence electrons. The molecule has 0 N–H and O–H groups in total. The Hall–Kier alpha value is 0.220. The molecule has 0 heterocycles. The molecular weight excluding hydrogens is 383 g/mol. The maximum atomic E-state index is 11.1. The van der Waals surface area contributed by atoms with Crippen molar-refractivity contribution in [1.82, 2.24) is 0 Å². The molecule has 1 aromatic carbocycles. The molecule has 1 rings (SSSR count). The van der Waals surface area contributed by atoms with Gasteiger partial charge in [0.1, 0.15) is 5.75 Å². The monoisotopic (exact) mass is 390 g/mol. The van der Waals surface area contributed by atoms with Gasteiger partial charge in [0, 0.05) is 21.2 Å². The van der Waals surface area contributed by atoms with Crippen LogP contribution in [0.3, 0.4) is 0 Å². The van der Waals surface area contributed by atoms with Crippen LogP contribution < -0.4 is 4.18 Å². The Morgan fingerprint density at radius 1 is 1.25 bits per heavy atom. The van der Waals surface area contributed by atoms with Gasteiger partial charge in [0.05, 0.1) is 6.26 Å². The number of halogens is 3. The lowest BCUT2D eigenvalue weighted by Gasteiger charge is -2.12. The van der Waals surface area contributed by atoms with Crippen molar-refractivity contribution in [2.45, 2.75) is 10.7 Å². The Balaban J connectivity index is 3.30. The molecule has 3 nitrogen and oxygen atoms in total. The molecule has 0 radical (unpaired) electrons. The minimum atomic E-state index is -3.53. The van der Waals surface area contributed by atoms with Gasteiger partial charge in [-0.2, -0.15) is 8.42 Å². The highest BCUT2D eigenvalue weighted by atomic mass is 79.9. The van der Waals surface area contributed by atoms with Crippen molar-refractivity contribution < 1.29 is 12.6 Å². The number of alkyl halides is 2. The molecule has 16 heavy (non-hydrogen) atoms. The average molecular weight is 392 g/mol. The summed E-state index contributed by atoms with van der Waals surface area (Å²) in [5, 5.41) is 1.58. The molecule has 0 bridgehead atoms. The van der Waals surface area contributed by atoms with Crippen molar-refractivity contribution in [2.75, 3.05) is 6.26 Å². The third kappa shape index (κ3) is 3.61. The van der Waals surface area contributed by atoms with Crippen LogP contribution in [0.2, 0.25) is 5.02 Å². The van der Waals surface area contributed by atoms with Crippen LogP contribution in [0.5, 0.6) is 5.75 Å². The molecule has 0 aliphatic heterocycles. The maximum Gasteiger partial charge on any atom is 0.306 e. The van der Waals surface area contributed by atoms with Gasteiger partial charge >= 0.3 is 10.1 Å². The average Bonchev–Trinajstić information content (AvgIpc) is 2.18. The molecule has 0 spiro atoms. The lowest BCUT2D eigenvalue weighted by molar-refractivity contribution is 0.490. The fraction of sp³-hybridized carbons (Fsp3) is 0.333. The highest BCUT2D eigenvalue weighted by molar-refractivity contribution is 9.09. The van der Waals surface area contributed by atoms with Crippen molar-refractivity contribution in [2.24, 2.45) is 0 Å². The summed E-state index contributed by atoms with van der Waals surface area (Å²) in [6, 6.07) is 3.16. The minimum absolute atomic E-state index is 0.304. The van der Waals surface area contributed by atoms with Gasteiger partial charge in [-0.3, -0.25) is 0 Å². The Bertz CT molecular complexity index is 488. The van der Waals surface area contributed by atoms with E-state index in [2.05, 4.69) is 31.9 Å². The predicted octanol–water partition coefficient (Wildman–Crippen LogP) is 3.47. The van der Waals surface area contributed by atoms with Crippen LogP contribution in [-0.4, -0.2) is 14.7 Å². The second-order valence-corrected chi connectivity index (χ2v) is 6.16. The van der Waals surface area contributed by atoms with Gasteiger partial charge in [0.15, 0.2) is 0 Å². The van der Waals surface area contributed by atoms with E-state index in [1.165, 1.54) is 0 Å². The molecule has 0 saturated carbocycles. The Morgan fingerprint density at radius 2 is 1.81 bits per heavy atom. The van der Waals surface area contributed by atoms with Crippen LogP contribution in [0.4, 0.5) is 0 Å². The molecule has 0 aliphatic carbocycles. The van der Waals surface area contributed by atoms with Crippen molar-refractivity contribution in [3.05, 3.63) is 28.3 Å². The third-order valence-electron chi connectivity index (χ3n) is 1.84. The normalized spacial score (nSPS) is 11.5. The topological polar surface area (TPSA) is 43.4 Å². The van der Waals surface area contributed by atoms with Gasteiger partial charge in [-0.25, -0.2) is 0 Å². The zero-order chi connectivity index (χ0) is 12.3. The van der Waals surface area contributed by atoms with Crippen molar-refractivity contribution in [1.29, 1.82) is 0 Å². The first kappa shape index (κ1) is 14.3. The molecule has 7 heteroatoms. The van der Waals surface area contributed by atoms with E-state index in [0.717, 1.165) is 17.4 Å². The molecule has 0 saturated heterocycles. The van der Waals surface area contributed by atoms with E-state index in [-0.39, 0.29) is 0 Å². The van der Waals surface area contributed by atoms with Crippen LogP contribution in [0.25, 0.3) is 0 Å². The predicted molar refractivity (Wildman–Crippen MR) is 72.2 cm³/mol. The van der Waals surface area contributed by atoms with Gasteiger partial charge < -0.3 is 4.18 Å². The van der Waals surface area contributed by atoms with E-state index >= 15 is 0 Å². The second-order valence-electron chi connectivity index (χ2n) is 3.06. The molecule has 0 unspecified atom stereocenters. The summed E-state index contributed by atoms with van der Waals surface area (Å²) in [5.74, 6) is 0.304. The molecule has 0 aromatic heterocycles. The van der Waals surface area contributed by atoms with Gasteiger partial charge in [0.2, 0.25) is 0 Å². The highest BCUT2D eigenvalue weighted by Crippen LogP contribution is 2.32. The first-order valence-corrected chi connectivity index (χ1v) is 8.64. The van der Waals surface area contributed by atoms with E-state index in [4.69, 9.17) is 15.8 Å². The molecular formula is C9H9Br2ClO3S. The van der Waals surface area contributed by atoms with Gasteiger partial charge in [-0.15, -0.1) is 0 Å². The van der Waals surface area contributed by atoms with Crippen LogP contribution in [0.15, 0.2) is 12.1 Å². The van der Waals surface area contributed by atoms with Gasteiger partial charge in [-0.1, -0.05) is 43.5 Å². The number of benzene rings is 1. The van der Waals surface area contributed by atoms with E-state index < -0.39 is 10.1 Å². The van der Waals surface area contributed by atoms with Crippen LogP contribution in [0, 0.1) is 0 Å². The summed E-state index contributed by atoms with van der Waals surface area (Å²) in [7, 11) is -3.53. The highest BCUT2D eigenvalue weighted by Gasteiger charge is 2.15. The SMILES string of the molecule is CS(=O)(=O)Oc1ccc(Cl)c(CBr)c1CBr. The van der Waals surface area contributed by atoms with E-state index in [1.54, 1.807) is 12.1 Å². The zero-order valence-corrected chi connectivity index (χ0v) is 13.1. The lowest BCUT2D eigenvalue weighted by atomic mass is 10.1. The molecule has 0 atom stereocenters.